The molecule has 0 aliphatic heterocycles. The van der Waals surface area contributed by atoms with E-state index in [9.17, 15) is 0 Å². The van der Waals surface area contributed by atoms with Crippen molar-refractivity contribution in [3.63, 3.8) is 0 Å². The molecule has 3 heteroatoms. The van der Waals surface area contributed by atoms with Gasteiger partial charge in [-0.1, -0.05) is 25.8 Å². The van der Waals surface area contributed by atoms with Gasteiger partial charge in [-0.15, -0.1) is 0 Å². The molecular formula is C16H26N2O. The van der Waals surface area contributed by atoms with Crippen molar-refractivity contribution in [1.29, 1.82) is 0 Å². The average molecular weight is 262 g/mol. The van der Waals surface area contributed by atoms with E-state index in [2.05, 4.69) is 18.3 Å². The van der Waals surface area contributed by atoms with Crippen LogP contribution in [0.2, 0.25) is 0 Å². The topological polar surface area (TPSA) is 47.3 Å². The van der Waals surface area contributed by atoms with Crippen LogP contribution in [0.4, 0.5) is 5.69 Å². The Morgan fingerprint density at radius 3 is 2.79 bits per heavy atom. The lowest BCUT2D eigenvalue weighted by atomic mass is 9.86. The molecule has 3 N–H and O–H groups in total. The van der Waals surface area contributed by atoms with Crippen molar-refractivity contribution in [3.8, 4) is 5.75 Å². The molecule has 1 saturated carbocycles. The molecule has 2 atom stereocenters. The molecule has 19 heavy (non-hydrogen) atoms. The average Bonchev–Trinajstić information content (AvgIpc) is 2.41. The summed E-state index contributed by atoms with van der Waals surface area (Å²) < 4.78 is 5.17. The fourth-order valence-electron chi connectivity index (χ4n) is 2.96. The van der Waals surface area contributed by atoms with Gasteiger partial charge in [-0.2, -0.15) is 0 Å². The van der Waals surface area contributed by atoms with Gasteiger partial charge in [0.05, 0.1) is 12.8 Å². The molecule has 0 saturated heterocycles. The number of benzene rings is 1. The summed E-state index contributed by atoms with van der Waals surface area (Å²) in [5.74, 6) is 1.58. The first-order chi connectivity index (χ1) is 9.20. The van der Waals surface area contributed by atoms with E-state index in [0.717, 1.165) is 30.3 Å². The summed E-state index contributed by atoms with van der Waals surface area (Å²) in [5.41, 5.74) is 7.92. The van der Waals surface area contributed by atoms with E-state index in [1.165, 1.54) is 31.2 Å². The zero-order valence-electron chi connectivity index (χ0n) is 12.1. The molecule has 1 aromatic rings. The lowest BCUT2D eigenvalue weighted by molar-refractivity contribution is 0.282. The third-order valence-electron chi connectivity index (χ3n) is 4.23. The Labute approximate surface area is 116 Å². The van der Waals surface area contributed by atoms with Crippen molar-refractivity contribution in [2.75, 3.05) is 19.4 Å². The Morgan fingerprint density at radius 2 is 2.11 bits per heavy atom. The van der Waals surface area contributed by atoms with Gasteiger partial charge in [-0.25, -0.2) is 0 Å². The molecule has 1 aliphatic rings. The Balaban J connectivity index is 1.80. The Kier molecular flexibility index (Phi) is 5.08. The van der Waals surface area contributed by atoms with Gasteiger partial charge < -0.3 is 15.8 Å². The van der Waals surface area contributed by atoms with Crippen LogP contribution in [0.5, 0.6) is 5.75 Å². The van der Waals surface area contributed by atoms with E-state index in [1.54, 1.807) is 7.11 Å². The number of methoxy groups -OCH3 is 1. The second-order valence-corrected chi connectivity index (χ2v) is 5.65. The van der Waals surface area contributed by atoms with Gasteiger partial charge in [0, 0.05) is 6.04 Å². The molecule has 106 valence electrons. The predicted octanol–water partition coefficient (Wildman–Crippen LogP) is 2.99. The van der Waals surface area contributed by atoms with Crippen molar-refractivity contribution in [1.82, 2.24) is 5.32 Å². The highest BCUT2D eigenvalue weighted by atomic mass is 16.5. The number of rotatable bonds is 5. The number of nitrogens with one attached hydrogen (secondary N) is 1. The minimum Gasteiger partial charge on any atom is -0.495 e. The maximum absolute atomic E-state index is 5.92. The van der Waals surface area contributed by atoms with Crippen LogP contribution in [0.1, 0.15) is 38.2 Å². The number of nitrogen functional groups attached to an aromatic ring is 1. The highest BCUT2D eigenvalue weighted by molar-refractivity contribution is 5.54. The Bertz CT molecular complexity index is 406. The molecule has 0 aromatic heterocycles. The summed E-state index contributed by atoms with van der Waals surface area (Å²) >= 11 is 0. The first-order valence-corrected chi connectivity index (χ1v) is 7.36. The molecule has 1 aliphatic carbocycles. The summed E-state index contributed by atoms with van der Waals surface area (Å²) in [7, 11) is 1.65. The van der Waals surface area contributed by atoms with E-state index >= 15 is 0 Å². The van der Waals surface area contributed by atoms with Crippen LogP contribution >= 0.6 is 0 Å². The molecule has 0 radical (unpaired) electrons. The van der Waals surface area contributed by atoms with Gasteiger partial charge in [0.15, 0.2) is 0 Å². The maximum atomic E-state index is 5.92. The highest BCUT2D eigenvalue weighted by Crippen LogP contribution is 2.24. The van der Waals surface area contributed by atoms with Crippen LogP contribution in [0.15, 0.2) is 18.2 Å². The van der Waals surface area contributed by atoms with Crippen molar-refractivity contribution in [3.05, 3.63) is 23.8 Å². The zero-order valence-corrected chi connectivity index (χ0v) is 12.1. The minimum absolute atomic E-state index is 0.698. The first kappa shape index (κ1) is 14.2. The normalized spacial score (nSPS) is 23.3. The van der Waals surface area contributed by atoms with Gasteiger partial charge in [-0.05, 0) is 49.4 Å². The summed E-state index contributed by atoms with van der Waals surface area (Å²) in [6.45, 7) is 3.39. The van der Waals surface area contributed by atoms with Crippen molar-refractivity contribution < 1.29 is 4.74 Å². The van der Waals surface area contributed by atoms with Crippen LogP contribution in [-0.4, -0.2) is 19.7 Å². The molecule has 1 fully saturated rings. The summed E-state index contributed by atoms with van der Waals surface area (Å²) in [6, 6.07) is 6.77. The van der Waals surface area contributed by atoms with Crippen LogP contribution in [-0.2, 0) is 6.42 Å². The molecular weight excluding hydrogens is 236 g/mol. The molecule has 2 unspecified atom stereocenters. The summed E-state index contributed by atoms with van der Waals surface area (Å²) in [4.78, 5) is 0. The van der Waals surface area contributed by atoms with Gasteiger partial charge in [0.1, 0.15) is 5.75 Å². The predicted molar refractivity (Wildman–Crippen MR) is 80.5 cm³/mol. The van der Waals surface area contributed by atoms with Crippen LogP contribution < -0.4 is 15.8 Å². The Morgan fingerprint density at radius 1 is 1.32 bits per heavy atom. The van der Waals surface area contributed by atoms with Crippen LogP contribution in [0.3, 0.4) is 0 Å². The number of hydrogen-bond donors (Lipinski definition) is 2. The largest absolute Gasteiger partial charge is 0.495 e. The first-order valence-electron chi connectivity index (χ1n) is 7.36. The van der Waals surface area contributed by atoms with Crippen molar-refractivity contribution >= 4 is 5.69 Å². The smallest absolute Gasteiger partial charge is 0.141 e. The van der Waals surface area contributed by atoms with E-state index < -0.39 is 0 Å². The van der Waals surface area contributed by atoms with Crippen LogP contribution in [0.25, 0.3) is 0 Å². The van der Waals surface area contributed by atoms with Crippen molar-refractivity contribution in [2.24, 2.45) is 5.92 Å². The SMILES string of the molecule is COc1ccc(CCNC2CCCCC2C)cc1N. The van der Waals surface area contributed by atoms with E-state index in [1.807, 2.05) is 12.1 Å². The lowest BCUT2D eigenvalue weighted by Gasteiger charge is -2.29. The molecule has 0 amide bonds. The summed E-state index contributed by atoms with van der Waals surface area (Å²) in [5, 5.41) is 3.70. The molecule has 0 spiro atoms. The third-order valence-corrected chi connectivity index (χ3v) is 4.23. The van der Waals surface area contributed by atoms with Crippen LogP contribution in [0, 0.1) is 5.92 Å². The lowest BCUT2D eigenvalue weighted by Crippen LogP contribution is -2.38. The van der Waals surface area contributed by atoms with Gasteiger partial charge in [0.25, 0.3) is 0 Å². The second kappa shape index (κ2) is 6.80. The maximum Gasteiger partial charge on any atom is 0.141 e. The molecule has 3 nitrogen and oxygen atoms in total. The van der Waals surface area contributed by atoms with Gasteiger partial charge in [0.2, 0.25) is 0 Å². The summed E-state index contributed by atoms with van der Waals surface area (Å²) in [6.07, 6.45) is 6.49. The van der Waals surface area contributed by atoms with E-state index in [4.69, 9.17) is 10.5 Å². The molecule has 2 rings (SSSR count). The van der Waals surface area contributed by atoms with E-state index in [0.29, 0.717) is 6.04 Å². The Hall–Kier alpha value is -1.22. The quantitative estimate of drug-likeness (QED) is 0.802. The van der Waals surface area contributed by atoms with Gasteiger partial charge in [-0.3, -0.25) is 0 Å². The number of anilines is 1. The van der Waals surface area contributed by atoms with Gasteiger partial charge >= 0.3 is 0 Å². The third kappa shape index (κ3) is 3.87. The number of hydrogen-bond acceptors (Lipinski definition) is 3. The number of ether oxygens (including phenoxy) is 1. The van der Waals surface area contributed by atoms with E-state index in [-0.39, 0.29) is 0 Å². The monoisotopic (exact) mass is 262 g/mol. The van der Waals surface area contributed by atoms with Crippen molar-refractivity contribution in [2.45, 2.75) is 45.1 Å². The molecule has 0 bridgehead atoms. The number of nitrogens with two attached hydrogens (primary N) is 1. The fraction of sp³-hybridized carbons (Fsp3) is 0.625. The second-order valence-electron chi connectivity index (χ2n) is 5.65. The fourth-order valence-corrected chi connectivity index (χ4v) is 2.96. The zero-order chi connectivity index (χ0) is 13.7. The standard InChI is InChI=1S/C16H26N2O/c1-12-5-3-4-6-15(12)18-10-9-13-7-8-16(19-2)14(17)11-13/h7-8,11-12,15,18H,3-6,9-10,17H2,1-2H3. The molecule has 1 aromatic carbocycles. The molecule has 0 heterocycles. The highest BCUT2D eigenvalue weighted by Gasteiger charge is 2.20. The minimum atomic E-state index is 0.698.